The van der Waals surface area contributed by atoms with Gasteiger partial charge in [-0.2, -0.15) is 5.26 Å². The summed E-state index contributed by atoms with van der Waals surface area (Å²) in [6.45, 7) is 0. The topological polar surface area (TPSA) is 92.9 Å². The van der Waals surface area contributed by atoms with E-state index < -0.39 is 0 Å². The molecule has 0 aliphatic rings. The fourth-order valence-corrected chi connectivity index (χ4v) is 1.32. The van der Waals surface area contributed by atoms with Crippen LogP contribution in [0.3, 0.4) is 0 Å². The summed E-state index contributed by atoms with van der Waals surface area (Å²) in [5.74, 6) is -0.489. The molecule has 6 nitrogen and oxygen atoms in total. The summed E-state index contributed by atoms with van der Waals surface area (Å²) in [5.41, 5.74) is 1.07. The maximum atomic E-state index is 11.0. The fraction of sp³-hybridized carbons (Fsp3) is 0.133. The van der Waals surface area contributed by atoms with Crippen molar-refractivity contribution in [2.24, 2.45) is 0 Å². The van der Waals surface area contributed by atoms with Crippen molar-refractivity contribution in [3.63, 3.8) is 0 Å². The number of rotatable bonds is 3. The van der Waals surface area contributed by atoms with Crippen LogP contribution >= 0.6 is 0 Å². The molecule has 2 aromatic heterocycles. The number of carbonyl (C=O) groups is 2. The van der Waals surface area contributed by atoms with E-state index in [1.54, 1.807) is 42.7 Å². The molecule has 0 amide bonds. The van der Waals surface area contributed by atoms with Gasteiger partial charge in [0.2, 0.25) is 0 Å². The molecule has 106 valence electrons. The number of hydrogen-bond donors (Lipinski definition) is 0. The second-order valence-electron chi connectivity index (χ2n) is 3.72. The van der Waals surface area contributed by atoms with Crippen molar-refractivity contribution in [2.75, 3.05) is 7.11 Å². The molecule has 0 fully saturated rings. The molecule has 0 saturated carbocycles. The molecular formula is C15H13N3O3. The Balaban J connectivity index is 0.000000211. The van der Waals surface area contributed by atoms with Crippen LogP contribution in [0.4, 0.5) is 0 Å². The summed E-state index contributed by atoms with van der Waals surface area (Å²) in [5, 5.41) is 8.21. The van der Waals surface area contributed by atoms with E-state index in [1.807, 2.05) is 0 Å². The van der Waals surface area contributed by atoms with Crippen molar-refractivity contribution in [2.45, 2.75) is 6.42 Å². The molecule has 21 heavy (non-hydrogen) atoms. The highest BCUT2D eigenvalue weighted by molar-refractivity contribution is 5.97. The van der Waals surface area contributed by atoms with E-state index in [0.29, 0.717) is 11.1 Å². The standard InChI is InChI=1S/C8H6N2O.C7H7NO2/c9-4-1-8(11)7-2-5-10-6-3-7;1-10-7(9)6-2-4-8-5-3-6/h2-3,5-6H,1H2;2-5H,1H3. The lowest BCUT2D eigenvalue weighted by molar-refractivity contribution is 0.0600. The van der Waals surface area contributed by atoms with Crippen LogP contribution in [-0.4, -0.2) is 28.8 Å². The van der Waals surface area contributed by atoms with Gasteiger partial charge in [0.15, 0.2) is 5.78 Å². The highest BCUT2D eigenvalue weighted by Gasteiger charge is 2.02. The first-order valence-corrected chi connectivity index (χ1v) is 5.97. The third-order valence-electron chi connectivity index (χ3n) is 2.34. The number of ether oxygens (including phenoxy) is 1. The fourth-order valence-electron chi connectivity index (χ4n) is 1.32. The summed E-state index contributed by atoms with van der Waals surface area (Å²) in [6, 6.07) is 8.20. The zero-order valence-electron chi connectivity index (χ0n) is 11.4. The molecular weight excluding hydrogens is 270 g/mol. The third-order valence-corrected chi connectivity index (χ3v) is 2.34. The smallest absolute Gasteiger partial charge is 0.337 e. The van der Waals surface area contributed by atoms with Gasteiger partial charge >= 0.3 is 5.97 Å². The van der Waals surface area contributed by atoms with Gasteiger partial charge < -0.3 is 4.74 Å². The Kier molecular flexibility index (Phi) is 6.80. The lowest BCUT2D eigenvalue weighted by Crippen LogP contribution is -2.00. The number of nitriles is 1. The number of Topliss-reactive ketones (excluding diaryl/α,β-unsaturated/α-hetero) is 1. The first-order valence-electron chi connectivity index (χ1n) is 5.97. The Hall–Kier alpha value is -3.07. The zero-order chi connectivity index (χ0) is 15.5. The van der Waals surface area contributed by atoms with Crippen LogP contribution in [0.2, 0.25) is 0 Å². The van der Waals surface area contributed by atoms with Crippen molar-refractivity contribution in [3.8, 4) is 6.07 Å². The quantitative estimate of drug-likeness (QED) is 0.632. The Morgan fingerprint density at radius 3 is 1.95 bits per heavy atom. The van der Waals surface area contributed by atoms with E-state index >= 15 is 0 Å². The van der Waals surface area contributed by atoms with Crippen molar-refractivity contribution in [1.82, 2.24) is 9.97 Å². The van der Waals surface area contributed by atoms with Gasteiger partial charge in [0.1, 0.15) is 0 Å². The molecule has 0 saturated heterocycles. The minimum atomic E-state index is -0.331. The van der Waals surface area contributed by atoms with Crippen LogP contribution in [0.15, 0.2) is 49.1 Å². The Morgan fingerprint density at radius 1 is 1.05 bits per heavy atom. The Morgan fingerprint density at radius 2 is 1.52 bits per heavy atom. The normalized spacial score (nSPS) is 8.76. The van der Waals surface area contributed by atoms with Gasteiger partial charge in [0, 0.05) is 30.4 Å². The number of carbonyl (C=O) groups excluding carboxylic acids is 2. The molecule has 2 aromatic rings. The lowest BCUT2D eigenvalue weighted by atomic mass is 10.1. The van der Waals surface area contributed by atoms with E-state index in [2.05, 4.69) is 14.7 Å². The third kappa shape index (κ3) is 5.61. The zero-order valence-corrected chi connectivity index (χ0v) is 11.4. The van der Waals surface area contributed by atoms with Crippen LogP contribution < -0.4 is 0 Å². The minimum Gasteiger partial charge on any atom is -0.465 e. The minimum absolute atomic E-state index is 0.0655. The number of pyridine rings is 2. The molecule has 2 heterocycles. The SMILES string of the molecule is COC(=O)c1ccncc1.N#CCC(=O)c1ccncc1. The molecule has 0 aliphatic carbocycles. The van der Waals surface area contributed by atoms with Gasteiger partial charge in [-0.25, -0.2) is 4.79 Å². The van der Waals surface area contributed by atoms with Crippen molar-refractivity contribution < 1.29 is 14.3 Å². The monoisotopic (exact) mass is 283 g/mol. The van der Waals surface area contributed by atoms with E-state index in [4.69, 9.17) is 5.26 Å². The number of methoxy groups -OCH3 is 1. The predicted octanol–water partition coefficient (Wildman–Crippen LogP) is 2.05. The molecule has 2 rings (SSSR count). The van der Waals surface area contributed by atoms with E-state index in [-0.39, 0.29) is 18.2 Å². The number of ketones is 1. The van der Waals surface area contributed by atoms with Gasteiger partial charge in [-0.15, -0.1) is 0 Å². The summed E-state index contributed by atoms with van der Waals surface area (Å²) in [6.07, 6.45) is 6.09. The number of aromatic nitrogens is 2. The molecule has 0 bridgehead atoms. The lowest BCUT2D eigenvalue weighted by Gasteiger charge is -1.95. The van der Waals surface area contributed by atoms with Gasteiger partial charge in [-0.05, 0) is 24.3 Å². The summed E-state index contributed by atoms with van der Waals surface area (Å²) < 4.78 is 4.47. The molecule has 0 radical (unpaired) electrons. The Bertz CT molecular complexity index is 622. The molecule has 0 N–H and O–H groups in total. The molecule has 0 spiro atoms. The van der Waals surface area contributed by atoms with Crippen molar-refractivity contribution in [3.05, 3.63) is 60.2 Å². The van der Waals surface area contributed by atoms with Crippen LogP contribution in [0.5, 0.6) is 0 Å². The van der Waals surface area contributed by atoms with Crippen molar-refractivity contribution in [1.29, 1.82) is 5.26 Å². The average molecular weight is 283 g/mol. The van der Waals surface area contributed by atoms with Gasteiger partial charge in [-0.3, -0.25) is 14.8 Å². The van der Waals surface area contributed by atoms with Gasteiger partial charge in [0.25, 0.3) is 0 Å². The highest BCUT2D eigenvalue weighted by atomic mass is 16.5. The molecule has 0 aliphatic heterocycles. The largest absolute Gasteiger partial charge is 0.465 e. The Labute approximate surface area is 122 Å². The first-order chi connectivity index (χ1) is 10.2. The summed E-state index contributed by atoms with van der Waals surface area (Å²) in [4.78, 5) is 29.3. The predicted molar refractivity (Wildman–Crippen MR) is 74.4 cm³/mol. The summed E-state index contributed by atoms with van der Waals surface area (Å²) in [7, 11) is 1.35. The van der Waals surface area contributed by atoms with Crippen LogP contribution in [0.1, 0.15) is 27.1 Å². The van der Waals surface area contributed by atoms with Crippen LogP contribution in [0, 0.1) is 11.3 Å². The van der Waals surface area contributed by atoms with Crippen molar-refractivity contribution >= 4 is 11.8 Å². The van der Waals surface area contributed by atoms with Gasteiger partial charge in [0.05, 0.1) is 25.2 Å². The van der Waals surface area contributed by atoms with Crippen LogP contribution in [0.25, 0.3) is 0 Å². The number of hydrogen-bond acceptors (Lipinski definition) is 6. The van der Waals surface area contributed by atoms with Gasteiger partial charge in [-0.1, -0.05) is 0 Å². The number of nitrogens with zero attached hydrogens (tertiary/aromatic N) is 3. The maximum absolute atomic E-state index is 11.0. The average Bonchev–Trinajstić information content (AvgIpc) is 2.56. The van der Waals surface area contributed by atoms with E-state index in [0.717, 1.165) is 0 Å². The second kappa shape index (κ2) is 8.93. The van der Waals surface area contributed by atoms with Crippen LogP contribution in [-0.2, 0) is 4.74 Å². The highest BCUT2D eigenvalue weighted by Crippen LogP contribution is 1.99. The van der Waals surface area contributed by atoms with E-state index in [1.165, 1.54) is 19.5 Å². The van der Waals surface area contributed by atoms with E-state index in [9.17, 15) is 9.59 Å². The molecule has 0 unspecified atom stereocenters. The maximum Gasteiger partial charge on any atom is 0.337 e. The molecule has 6 heteroatoms. The number of esters is 1. The molecule has 0 aromatic carbocycles. The second-order valence-corrected chi connectivity index (χ2v) is 3.72. The molecule has 0 atom stereocenters. The summed E-state index contributed by atoms with van der Waals surface area (Å²) >= 11 is 0. The first kappa shape index (κ1) is 16.0.